The van der Waals surface area contributed by atoms with E-state index in [0.29, 0.717) is 18.7 Å². The summed E-state index contributed by atoms with van der Waals surface area (Å²) in [6.07, 6.45) is -4.19. The molecule has 0 spiro atoms. The van der Waals surface area contributed by atoms with Crippen LogP contribution in [0.25, 0.3) is 0 Å². The van der Waals surface area contributed by atoms with Gasteiger partial charge in [0.25, 0.3) is 0 Å². The van der Waals surface area contributed by atoms with Crippen LogP contribution in [-0.4, -0.2) is 37.8 Å². The first-order chi connectivity index (χ1) is 8.38. The zero-order valence-corrected chi connectivity index (χ0v) is 10.1. The normalized spacial score (nSPS) is 12.1. The van der Waals surface area contributed by atoms with E-state index in [9.17, 15) is 17.6 Å². The van der Waals surface area contributed by atoms with E-state index in [2.05, 4.69) is 5.32 Å². The molecule has 102 valence electrons. The monoisotopic (exact) mass is 264 g/mol. The third-order valence-corrected chi connectivity index (χ3v) is 2.39. The average molecular weight is 264 g/mol. The molecule has 0 aliphatic heterocycles. The van der Waals surface area contributed by atoms with Gasteiger partial charge in [-0.25, -0.2) is 4.39 Å². The summed E-state index contributed by atoms with van der Waals surface area (Å²) in [4.78, 5) is 1.77. The number of hydrogen-bond donors (Lipinski definition) is 1. The van der Waals surface area contributed by atoms with Gasteiger partial charge < -0.3 is 10.2 Å². The molecule has 0 bridgehead atoms. The quantitative estimate of drug-likeness (QED) is 0.627. The van der Waals surface area contributed by atoms with Crippen LogP contribution < -0.4 is 5.32 Å². The number of nitrogens with one attached hydrogen (secondary N) is 1. The van der Waals surface area contributed by atoms with Crippen LogP contribution in [0.3, 0.4) is 0 Å². The minimum absolute atomic E-state index is 0.213. The van der Waals surface area contributed by atoms with E-state index in [4.69, 9.17) is 0 Å². The van der Waals surface area contributed by atoms with Crippen molar-refractivity contribution in [2.24, 2.45) is 0 Å². The lowest BCUT2D eigenvalue weighted by molar-refractivity contribution is -0.124. The third kappa shape index (κ3) is 5.97. The molecule has 1 rings (SSSR count). The Morgan fingerprint density at radius 2 is 1.89 bits per heavy atom. The van der Waals surface area contributed by atoms with Gasteiger partial charge in [0.1, 0.15) is 5.82 Å². The van der Waals surface area contributed by atoms with Gasteiger partial charge in [-0.15, -0.1) is 0 Å². The molecule has 1 N–H and O–H groups in total. The Bertz CT molecular complexity index is 365. The highest BCUT2D eigenvalue weighted by Crippen LogP contribution is 2.12. The van der Waals surface area contributed by atoms with Crippen molar-refractivity contribution in [3.05, 3.63) is 35.6 Å². The Kier molecular flexibility index (Phi) is 5.55. The molecule has 0 heterocycles. The summed E-state index contributed by atoms with van der Waals surface area (Å²) in [5.41, 5.74) is 0.538. The molecule has 2 nitrogen and oxygen atoms in total. The van der Waals surface area contributed by atoms with Crippen molar-refractivity contribution in [2.75, 3.05) is 26.7 Å². The summed E-state index contributed by atoms with van der Waals surface area (Å²) in [6.45, 7) is 0.00971. The van der Waals surface area contributed by atoms with Gasteiger partial charge in [0.15, 0.2) is 0 Å². The van der Waals surface area contributed by atoms with Crippen molar-refractivity contribution in [3.8, 4) is 0 Å². The zero-order chi connectivity index (χ0) is 13.6. The van der Waals surface area contributed by atoms with Gasteiger partial charge in [0.2, 0.25) is 0 Å². The minimum atomic E-state index is -4.19. The second-order valence-corrected chi connectivity index (χ2v) is 4.12. The Labute approximate surface area is 104 Å². The highest BCUT2D eigenvalue weighted by atomic mass is 19.4. The number of halogens is 4. The van der Waals surface area contributed by atoms with E-state index < -0.39 is 12.7 Å². The lowest BCUT2D eigenvalue weighted by Gasteiger charge is -2.17. The number of alkyl halides is 3. The second-order valence-electron chi connectivity index (χ2n) is 4.12. The second kappa shape index (κ2) is 6.70. The van der Waals surface area contributed by atoms with Crippen molar-refractivity contribution in [1.29, 1.82) is 0 Å². The van der Waals surface area contributed by atoms with Crippen LogP contribution >= 0.6 is 0 Å². The molecular formula is C12H16F4N2. The summed E-state index contributed by atoms with van der Waals surface area (Å²) in [7, 11) is 1.74. The SMILES string of the molecule is CN(CCNCC(F)(F)F)Cc1ccccc1F. The Hall–Kier alpha value is -1.14. The Balaban J connectivity index is 2.26. The van der Waals surface area contributed by atoms with Gasteiger partial charge in [-0.3, -0.25) is 0 Å². The number of benzene rings is 1. The summed E-state index contributed by atoms with van der Waals surface area (Å²) in [6, 6.07) is 6.36. The first-order valence-electron chi connectivity index (χ1n) is 5.58. The fraction of sp³-hybridized carbons (Fsp3) is 0.500. The van der Waals surface area contributed by atoms with Gasteiger partial charge >= 0.3 is 6.18 Å². The molecule has 0 aliphatic rings. The lowest BCUT2D eigenvalue weighted by Crippen LogP contribution is -2.34. The standard InChI is InChI=1S/C12H16F4N2/c1-18(7-6-17-9-12(14,15)16)8-10-4-2-3-5-11(10)13/h2-5,17H,6-9H2,1H3. The maximum Gasteiger partial charge on any atom is 0.401 e. The number of rotatable bonds is 6. The summed E-state index contributed by atoms with van der Waals surface area (Å²) >= 11 is 0. The number of nitrogens with zero attached hydrogens (tertiary/aromatic N) is 1. The van der Waals surface area contributed by atoms with E-state index in [1.54, 1.807) is 30.1 Å². The first-order valence-corrected chi connectivity index (χ1v) is 5.58. The largest absolute Gasteiger partial charge is 0.401 e. The fourth-order valence-electron chi connectivity index (χ4n) is 1.50. The predicted molar refractivity (Wildman–Crippen MR) is 61.7 cm³/mol. The number of hydrogen-bond acceptors (Lipinski definition) is 2. The maximum absolute atomic E-state index is 13.3. The van der Waals surface area contributed by atoms with Crippen LogP contribution in [-0.2, 0) is 6.54 Å². The molecule has 0 saturated heterocycles. The molecular weight excluding hydrogens is 248 g/mol. The smallest absolute Gasteiger partial charge is 0.307 e. The first kappa shape index (κ1) is 14.9. The molecule has 0 saturated carbocycles. The van der Waals surface area contributed by atoms with Crippen molar-refractivity contribution >= 4 is 0 Å². The average Bonchev–Trinajstić information content (AvgIpc) is 2.26. The molecule has 1 aromatic carbocycles. The lowest BCUT2D eigenvalue weighted by atomic mass is 10.2. The highest BCUT2D eigenvalue weighted by molar-refractivity contribution is 5.16. The molecule has 0 amide bonds. The van der Waals surface area contributed by atoms with E-state index in [1.165, 1.54) is 6.07 Å². The summed E-state index contributed by atoms with van der Waals surface area (Å²) in [5, 5.41) is 2.30. The highest BCUT2D eigenvalue weighted by Gasteiger charge is 2.25. The fourth-order valence-corrected chi connectivity index (χ4v) is 1.50. The Morgan fingerprint density at radius 3 is 2.50 bits per heavy atom. The van der Waals surface area contributed by atoms with Gasteiger partial charge in [0.05, 0.1) is 6.54 Å². The van der Waals surface area contributed by atoms with E-state index in [1.807, 2.05) is 0 Å². The molecule has 0 atom stereocenters. The van der Waals surface area contributed by atoms with Crippen LogP contribution in [0.5, 0.6) is 0 Å². The molecule has 0 fully saturated rings. The predicted octanol–water partition coefficient (Wildman–Crippen LogP) is 2.41. The molecule has 0 radical (unpaired) electrons. The van der Waals surface area contributed by atoms with E-state index in [-0.39, 0.29) is 12.4 Å². The molecule has 1 aromatic rings. The van der Waals surface area contributed by atoms with Crippen LogP contribution in [0.15, 0.2) is 24.3 Å². The van der Waals surface area contributed by atoms with Crippen LogP contribution in [0, 0.1) is 5.82 Å². The van der Waals surface area contributed by atoms with E-state index >= 15 is 0 Å². The van der Waals surface area contributed by atoms with Gasteiger partial charge in [-0.05, 0) is 13.1 Å². The molecule has 0 aromatic heterocycles. The molecule has 6 heteroatoms. The van der Waals surface area contributed by atoms with Crippen molar-refractivity contribution in [2.45, 2.75) is 12.7 Å². The van der Waals surface area contributed by atoms with Crippen molar-refractivity contribution < 1.29 is 17.6 Å². The molecule has 0 unspecified atom stereocenters. The Morgan fingerprint density at radius 1 is 1.22 bits per heavy atom. The molecule has 18 heavy (non-hydrogen) atoms. The molecule has 0 aliphatic carbocycles. The third-order valence-electron chi connectivity index (χ3n) is 2.39. The zero-order valence-electron chi connectivity index (χ0n) is 10.1. The van der Waals surface area contributed by atoms with E-state index in [0.717, 1.165) is 0 Å². The summed E-state index contributed by atoms with van der Waals surface area (Å²) in [5.74, 6) is -0.299. The number of likely N-dealkylation sites (N-methyl/N-ethyl adjacent to an activating group) is 1. The minimum Gasteiger partial charge on any atom is -0.307 e. The van der Waals surface area contributed by atoms with Crippen LogP contribution in [0.4, 0.5) is 17.6 Å². The van der Waals surface area contributed by atoms with Crippen LogP contribution in [0.1, 0.15) is 5.56 Å². The van der Waals surface area contributed by atoms with Crippen molar-refractivity contribution in [3.63, 3.8) is 0 Å². The topological polar surface area (TPSA) is 15.3 Å². The summed E-state index contributed by atoms with van der Waals surface area (Å²) < 4.78 is 48.9. The van der Waals surface area contributed by atoms with Gasteiger partial charge in [0, 0.05) is 25.2 Å². The van der Waals surface area contributed by atoms with Crippen molar-refractivity contribution in [1.82, 2.24) is 10.2 Å². The maximum atomic E-state index is 13.3. The van der Waals surface area contributed by atoms with Gasteiger partial charge in [-0.1, -0.05) is 18.2 Å². The van der Waals surface area contributed by atoms with Crippen LogP contribution in [0.2, 0.25) is 0 Å². The van der Waals surface area contributed by atoms with Gasteiger partial charge in [-0.2, -0.15) is 13.2 Å².